The van der Waals surface area contributed by atoms with Crippen LogP contribution in [0.1, 0.15) is 0 Å². The number of hydrogen-bond acceptors (Lipinski definition) is 3. The average molecular weight is 207 g/mol. The second-order valence-corrected chi connectivity index (χ2v) is 1.50. The number of hydrogen-bond donors (Lipinski definition) is 0. The molecule has 0 amide bonds. The van der Waals surface area contributed by atoms with E-state index in [1.165, 1.54) is 0 Å². The molecule has 0 rings (SSSR count). The predicted octanol–water partition coefficient (Wildman–Crippen LogP) is -4.69. The second-order valence-electron chi connectivity index (χ2n) is 0.224. The Morgan fingerprint density at radius 1 is 1.00 bits per heavy atom. The SMILES string of the molecule is [O-][Sb]([O-])[O-].[PH6+3]. The first-order valence-electron chi connectivity index (χ1n) is 0.548. The first kappa shape index (κ1) is 9.46. The Hall–Kier alpha value is 1.13. The van der Waals surface area contributed by atoms with Gasteiger partial charge >= 0.3 is 31.6 Å². The zero-order valence-electron chi connectivity index (χ0n) is 1.67. The molecule has 0 bridgehead atoms. The van der Waals surface area contributed by atoms with Gasteiger partial charge in [-0.15, -0.1) is 0 Å². The molecule has 0 aromatic heterocycles. The summed E-state index contributed by atoms with van der Waals surface area (Å²) < 4.78 is 25.8. The molecule has 3 nitrogen and oxygen atoms in total. The van der Waals surface area contributed by atoms with Gasteiger partial charge in [-0.3, -0.25) is 9.90 Å². The largest absolute Gasteiger partial charge is 0.295 e. The van der Waals surface area contributed by atoms with Crippen molar-refractivity contribution in [3.8, 4) is 0 Å². The van der Waals surface area contributed by atoms with Gasteiger partial charge in [0, 0.05) is 0 Å². The van der Waals surface area contributed by atoms with Gasteiger partial charge in [0.1, 0.15) is 0 Å². The molecular formula is H6O3PSb. The molecule has 0 aliphatic rings. The van der Waals surface area contributed by atoms with Crippen molar-refractivity contribution in [2.45, 2.75) is 0 Å². The van der Waals surface area contributed by atoms with Crippen LogP contribution in [0.5, 0.6) is 0 Å². The zero-order chi connectivity index (χ0) is 3.58. The van der Waals surface area contributed by atoms with Crippen molar-refractivity contribution in [3.63, 3.8) is 0 Å². The van der Waals surface area contributed by atoms with Crippen LogP contribution in [0.15, 0.2) is 0 Å². The Labute approximate surface area is 41.9 Å². The van der Waals surface area contributed by atoms with Gasteiger partial charge in [-0.25, -0.2) is 0 Å². The van der Waals surface area contributed by atoms with Crippen molar-refractivity contribution in [1.29, 1.82) is 0 Å². The fourth-order valence-electron chi connectivity index (χ4n) is 0. The maximum atomic E-state index is 8.60. The van der Waals surface area contributed by atoms with E-state index >= 15 is 0 Å². The standard InChI is InChI=1S/3O.H6P.Sb/h;;;1H6;/q3*-1;+3;. The molecule has 34 valence electrons. The molecule has 0 unspecified atom stereocenters. The first-order chi connectivity index (χ1) is 1.73. The minimum atomic E-state index is -4.20. The van der Waals surface area contributed by atoms with E-state index in [0.717, 1.165) is 0 Å². The van der Waals surface area contributed by atoms with Gasteiger partial charge in [-0.05, 0) is 0 Å². The third-order valence-electron chi connectivity index (χ3n) is 0. The van der Waals surface area contributed by atoms with Crippen LogP contribution in [0.4, 0.5) is 0 Å². The minimum absolute atomic E-state index is 0. The summed E-state index contributed by atoms with van der Waals surface area (Å²) >= 11 is -4.20. The Morgan fingerprint density at radius 2 is 1.00 bits per heavy atom. The molecule has 0 saturated carbocycles. The molecule has 0 aromatic rings. The van der Waals surface area contributed by atoms with E-state index in [1.807, 2.05) is 0 Å². The monoisotopic (exact) mass is 206 g/mol. The Morgan fingerprint density at radius 3 is 1.00 bits per heavy atom. The van der Waals surface area contributed by atoms with Crippen LogP contribution in [-0.4, -0.2) is 21.5 Å². The van der Waals surface area contributed by atoms with Crippen LogP contribution >= 0.6 is 9.90 Å². The quantitative estimate of drug-likeness (QED) is 0.296. The zero-order valence-corrected chi connectivity index (χ0v) is 4.22. The summed E-state index contributed by atoms with van der Waals surface area (Å²) in [5, 5.41) is 0. The first-order valence-corrected chi connectivity index (χ1v) is 3.67. The Balaban J connectivity index is 0. The maximum Gasteiger partial charge on any atom is -0.295 e. The molecule has 0 aliphatic carbocycles. The van der Waals surface area contributed by atoms with Crippen LogP contribution in [0.3, 0.4) is 0 Å². The fourth-order valence-corrected chi connectivity index (χ4v) is 0. The smallest absolute Gasteiger partial charge is 0.295 e. The van der Waals surface area contributed by atoms with Gasteiger partial charge in [0.05, 0.1) is 0 Å². The van der Waals surface area contributed by atoms with Gasteiger partial charge < -0.3 is 0 Å². The van der Waals surface area contributed by atoms with Gasteiger partial charge in [0.25, 0.3) is 0 Å². The van der Waals surface area contributed by atoms with Crippen LogP contribution in [0.25, 0.3) is 0 Å². The van der Waals surface area contributed by atoms with E-state index in [2.05, 4.69) is 0 Å². The van der Waals surface area contributed by atoms with Gasteiger partial charge in [-0.2, -0.15) is 0 Å². The van der Waals surface area contributed by atoms with Crippen LogP contribution in [0, 0.1) is 0 Å². The van der Waals surface area contributed by atoms with Gasteiger partial charge in [-0.1, -0.05) is 0 Å². The maximum absolute atomic E-state index is 8.60. The Bertz CT molecular complexity index is 11.6. The summed E-state index contributed by atoms with van der Waals surface area (Å²) in [6.07, 6.45) is 0. The van der Waals surface area contributed by atoms with E-state index in [-0.39, 0.29) is 9.90 Å². The van der Waals surface area contributed by atoms with Crippen LogP contribution in [0.2, 0.25) is 0 Å². The fraction of sp³-hybridized carbons (Fsp3) is 0. The van der Waals surface area contributed by atoms with E-state index < -0.39 is 21.5 Å². The van der Waals surface area contributed by atoms with Gasteiger partial charge in [0.2, 0.25) is 0 Å². The molecule has 0 radical (unpaired) electrons. The van der Waals surface area contributed by atoms with Crippen molar-refractivity contribution in [1.82, 2.24) is 0 Å². The van der Waals surface area contributed by atoms with E-state index in [4.69, 9.17) is 10.2 Å². The summed E-state index contributed by atoms with van der Waals surface area (Å²) in [4.78, 5) is 0. The van der Waals surface area contributed by atoms with Crippen molar-refractivity contribution >= 4 is 31.4 Å². The molecule has 0 heterocycles. The average Bonchev–Trinajstić information content (AvgIpc) is 0.811. The summed E-state index contributed by atoms with van der Waals surface area (Å²) in [7, 11) is 0. The van der Waals surface area contributed by atoms with Crippen LogP contribution in [-0.2, 0) is 0 Å². The molecule has 0 N–H and O–H groups in total. The summed E-state index contributed by atoms with van der Waals surface area (Å²) in [6.45, 7) is 0. The second kappa shape index (κ2) is 5.13. The molecular weight excluding hydrogens is 201 g/mol. The van der Waals surface area contributed by atoms with Crippen LogP contribution < -0.4 is 10.2 Å². The normalized spacial score (nSPS) is 7.20. The van der Waals surface area contributed by atoms with E-state index in [0.29, 0.717) is 0 Å². The molecule has 0 aromatic carbocycles. The predicted molar refractivity (Wildman–Crippen MR) is 21.0 cm³/mol. The Kier molecular flexibility index (Phi) is 9.70. The molecule has 5 heteroatoms. The molecule has 5 heavy (non-hydrogen) atoms. The third-order valence-corrected chi connectivity index (χ3v) is 0. The van der Waals surface area contributed by atoms with E-state index in [9.17, 15) is 0 Å². The van der Waals surface area contributed by atoms with Crippen molar-refractivity contribution in [2.24, 2.45) is 0 Å². The minimum Gasteiger partial charge on any atom is -0.295 e. The molecule has 0 fully saturated rings. The molecule has 0 aliphatic heterocycles. The van der Waals surface area contributed by atoms with Crippen molar-refractivity contribution < 1.29 is 10.2 Å². The molecule has 0 atom stereocenters. The summed E-state index contributed by atoms with van der Waals surface area (Å²) in [5.41, 5.74) is 0. The van der Waals surface area contributed by atoms with Crippen molar-refractivity contribution in [3.05, 3.63) is 0 Å². The van der Waals surface area contributed by atoms with Crippen molar-refractivity contribution in [2.75, 3.05) is 0 Å². The van der Waals surface area contributed by atoms with Gasteiger partial charge in [0.15, 0.2) is 0 Å². The topological polar surface area (TPSA) is 69.2 Å². The summed E-state index contributed by atoms with van der Waals surface area (Å²) in [6, 6.07) is 0. The van der Waals surface area contributed by atoms with E-state index in [1.54, 1.807) is 0 Å². The molecule has 0 saturated heterocycles. The summed E-state index contributed by atoms with van der Waals surface area (Å²) in [5.74, 6) is 0. The third kappa shape index (κ3) is 39.4. The molecule has 0 spiro atoms. The number of rotatable bonds is 0.